The van der Waals surface area contributed by atoms with Gasteiger partial charge in [0.1, 0.15) is 29.1 Å². The monoisotopic (exact) mass is 421 g/mol. The van der Waals surface area contributed by atoms with E-state index in [9.17, 15) is 9.59 Å². The van der Waals surface area contributed by atoms with Gasteiger partial charge in [-0.3, -0.25) is 4.79 Å². The number of ketones is 1. The minimum atomic E-state index is -0.420. The Morgan fingerprint density at radius 3 is 2.32 bits per heavy atom. The normalized spacial score (nSPS) is 11.6. The Morgan fingerprint density at radius 2 is 1.74 bits per heavy atom. The van der Waals surface area contributed by atoms with Crippen LogP contribution in [0.1, 0.15) is 36.3 Å². The van der Waals surface area contributed by atoms with Gasteiger partial charge in [0.2, 0.25) is 0 Å². The third-order valence-electron chi connectivity index (χ3n) is 4.93. The number of amides is 1. The van der Waals surface area contributed by atoms with Crippen LogP contribution < -0.4 is 14.8 Å². The van der Waals surface area contributed by atoms with Crippen molar-refractivity contribution in [2.24, 2.45) is 7.05 Å². The molecule has 7 heteroatoms. The maximum Gasteiger partial charge on any atom is 0.258 e. The van der Waals surface area contributed by atoms with Gasteiger partial charge in [0.05, 0.1) is 7.11 Å². The van der Waals surface area contributed by atoms with Crippen LogP contribution in [0.25, 0.3) is 0 Å². The minimum Gasteiger partial charge on any atom is -0.497 e. The number of imidazole rings is 1. The summed E-state index contributed by atoms with van der Waals surface area (Å²) in [6, 6.07) is 14.5. The Bertz CT molecular complexity index is 1010. The molecule has 1 amide bonds. The zero-order valence-electron chi connectivity index (χ0n) is 18.0. The van der Waals surface area contributed by atoms with Crippen molar-refractivity contribution in [3.63, 3.8) is 0 Å². The second-order valence-electron chi connectivity index (χ2n) is 7.30. The Kier molecular flexibility index (Phi) is 7.43. The van der Waals surface area contributed by atoms with E-state index in [2.05, 4.69) is 10.3 Å². The maximum atomic E-state index is 12.6. The average Bonchev–Trinajstić information content (AvgIpc) is 3.21. The molecule has 2 aromatic carbocycles. The van der Waals surface area contributed by atoms with Crippen molar-refractivity contribution in [2.75, 3.05) is 13.7 Å². The van der Waals surface area contributed by atoms with Crippen molar-refractivity contribution in [1.29, 1.82) is 0 Å². The Labute approximate surface area is 182 Å². The highest BCUT2D eigenvalue weighted by Gasteiger charge is 2.21. The number of hydrogen-bond donors (Lipinski definition) is 1. The van der Waals surface area contributed by atoms with Crippen LogP contribution in [0.4, 0.5) is 0 Å². The third kappa shape index (κ3) is 6.18. The average molecular weight is 421 g/mol. The second kappa shape index (κ2) is 10.4. The van der Waals surface area contributed by atoms with Gasteiger partial charge in [0.25, 0.3) is 5.91 Å². The Morgan fingerprint density at radius 1 is 1.06 bits per heavy atom. The number of carbonyl (C=O) groups is 2. The van der Waals surface area contributed by atoms with Gasteiger partial charge in [0.15, 0.2) is 6.61 Å². The zero-order valence-corrected chi connectivity index (χ0v) is 18.0. The molecular weight excluding hydrogens is 394 g/mol. The smallest absolute Gasteiger partial charge is 0.258 e. The summed E-state index contributed by atoms with van der Waals surface area (Å²) < 4.78 is 12.7. The molecule has 0 bridgehead atoms. The first-order valence-corrected chi connectivity index (χ1v) is 10.1. The van der Waals surface area contributed by atoms with E-state index in [0.717, 1.165) is 16.9 Å². The van der Waals surface area contributed by atoms with Crippen LogP contribution in [0.2, 0.25) is 0 Å². The van der Waals surface area contributed by atoms with Crippen molar-refractivity contribution >= 4 is 11.7 Å². The molecule has 1 atom stereocenters. The summed E-state index contributed by atoms with van der Waals surface area (Å²) in [5.41, 5.74) is 1.94. The van der Waals surface area contributed by atoms with Crippen LogP contribution in [0, 0.1) is 0 Å². The number of rotatable bonds is 10. The van der Waals surface area contributed by atoms with Gasteiger partial charge in [-0.2, -0.15) is 0 Å². The van der Waals surface area contributed by atoms with Crippen LogP contribution in [0.3, 0.4) is 0 Å². The second-order valence-corrected chi connectivity index (χ2v) is 7.30. The molecule has 1 aromatic heterocycles. The lowest BCUT2D eigenvalue weighted by molar-refractivity contribution is -0.123. The van der Waals surface area contributed by atoms with Gasteiger partial charge >= 0.3 is 0 Å². The molecule has 7 nitrogen and oxygen atoms in total. The summed E-state index contributed by atoms with van der Waals surface area (Å²) >= 11 is 0. The first kappa shape index (κ1) is 22.1. The molecule has 0 aliphatic heterocycles. The predicted octanol–water partition coefficient (Wildman–Crippen LogP) is 3.23. The van der Waals surface area contributed by atoms with Gasteiger partial charge < -0.3 is 24.2 Å². The van der Waals surface area contributed by atoms with Crippen molar-refractivity contribution in [1.82, 2.24) is 14.9 Å². The molecule has 3 aromatic rings. The van der Waals surface area contributed by atoms with E-state index in [4.69, 9.17) is 9.47 Å². The van der Waals surface area contributed by atoms with Crippen molar-refractivity contribution in [3.8, 4) is 11.5 Å². The lowest BCUT2D eigenvalue weighted by atomic mass is 10.1. The van der Waals surface area contributed by atoms with Gasteiger partial charge in [-0.25, -0.2) is 4.98 Å². The highest BCUT2D eigenvalue weighted by atomic mass is 16.5. The van der Waals surface area contributed by atoms with Crippen LogP contribution in [0.5, 0.6) is 11.5 Å². The number of aromatic nitrogens is 2. The molecular formula is C24H27N3O4. The van der Waals surface area contributed by atoms with Gasteiger partial charge in [-0.15, -0.1) is 0 Å². The number of ether oxygens (including phenoxy) is 2. The largest absolute Gasteiger partial charge is 0.497 e. The van der Waals surface area contributed by atoms with E-state index in [-0.39, 0.29) is 18.3 Å². The number of carbonyl (C=O) groups excluding carboxylic acids is 2. The molecule has 31 heavy (non-hydrogen) atoms. The minimum absolute atomic E-state index is 0.121. The fraction of sp³-hybridized carbons (Fsp3) is 0.292. The number of methoxy groups -OCH3 is 1. The molecule has 3 rings (SSSR count). The molecule has 0 aliphatic rings. The fourth-order valence-corrected chi connectivity index (χ4v) is 3.17. The fourth-order valence-electron chi connectivity index (χ4n) is 3.17. The molecule has 0 saturated carbocycles. The Balaban J connectivity index is 1.64. The summed E-state index contributed by atoms with van der Waals surface area (Å²) in [6.07, 6.45) is 4.75. The van der Waals surface area contributed by atoms with Crippen LogP contribution in [-0.4, -0.2) is 35.0 Å². The van der Waals surface area contributed by atoms with E-state index < -0.39 is 6.04 Å². The first-order chi connectivity index (χ1) is 15.0. The van der Waals surface area contributed by atoms with Crippen molar-refractivity contribution < 1.29 is 19.1 Å². The Hall–Kier alpha value is -3.61. The van der Waals surface area contributed by atoms with E-state index >= 15 is 0 Å². The van der Waals surface area contributed by atoms with E-state index in [0.29, 0.717) is 24.4 Å². The number of benzene rings is 2. The summed E-state index contributed by atoms with van der Waals surface area (Å²) in [4.78, 5) is 28.1. The highest BCUT2D eigenvalue weighted by molar-refractivity contribution is 5.78. The lowest BCUT2D eigenvalue weighted by Gasteiger charge is -2.19. The quantitative estimate of drug-likeness (QED) is 0.543. The molecule has 0 saturated heterocycles. The molecule has 0 spiro atoms. The van der Waals surface area contributed by atoms with Gasteiger partial charge in [-0.05, 0) is 48.7 Å². The van der Waals surface area contributed by atoms with Crippen LogP contribution in [-0.2, 0) is 23.1 Å². The molecule has 162 valence electrons. The highest BCUT2D eigenvalue weighted by Crippen LogP contribution is 2.23. The molecule has 1 unspecified atom stereocenters. The van der Waals surface area contributed by atoms with Crippen LogP contribution >= 0.6 is 0 Å². The van der Waals surface area contributed by atoms with E-state index in [1.54, 1.807) is 20.2 Å². The topological polar surface area (TPSA) is 82.4 Å². The zero-order chi connectivity index (χ0) is 22.2. The van der Waals surface area contributed by atoms with Crippen molar-refractivity contribution in [3.05, 3.63) is 77.9 Å². The number of aryl methyl sites for hydroxylation is 2. The summed E-state index contributed by atoms with van der Waals surface area (Å²) in [5, 5.41) is 3.00. The van der Waals surface area contributed by atoms with Gasteiger partial charge in [0, 0.05) is 25.9 Å². The van der Waals surface area contributed by atoms with Crippen LogP contribution in [0.15, 0.2) is 60.9 Å². The molecule has 0 aliphatic carbocycles. The number of Topliss-reactive ketones (excluding diaryl/α,β-unsaturated/α-hetero) is 1. The van der Waals surface area contributed by atoms with Crippen molar-refractivity contribution in [2.45, 2.75) is 25.8 Å². The number of hydrogen-bond acceptors (Lipinski definition) is 5. The molecule has 0 radical (unpaired) electrons. The number of nitrogens with one attached hydrogen (secondary N) is 1. The summed E-state index contributed by atoms with van der Waals surface area (Å²) in [7, 11) is 3.50. The molecule has 0 fully saturated rings. The summed E-state index contributed by atoms with van der Waals surface area (Å²) in [5.74, 6) is 1.96. The molecule has 1 N–H and O–H groups in total. The lowest BCUT2D eigenvalue weighted by Crippen LogP contribution is -2.34. The predicted molar refractivity (Wildman–Crippen MR) is 117 cm³/mol. The van der Waals surface area contributed by atoms with E-state index in [1.807, 2.05) is 66.3 Å². The third-order valence-corrected chi connectivity index (χ3v) is 4.93. The first-order valence-electron chi connectivity index (χ1n) is 10.1. The summed E-state index contributed by atoms with van der Waals surface area (Å²) in [6.45, 7) is 1.46. The number of nitrogens with zero attached hydrogens (tertiary/aromatic N) is 2. The maximum absolute atomic E-state index is 12.6. The van der Waals surface area contributed by atoms with E-state index in [1.165, 1.54) is 0 Å². The van der Waals surface area contributed by atoms with Gasteiger partial charge in [-0.1, -0.05) is 24.3 Å². The standard InChI is InChI=1S/C24H27N3O4/c1-17(28)4-5-18-6-10-21(11-7-18)31-16-22(29)26-23(24-25-14-15-27(24)2)19-8-12-20(30-3)13-9-19/h6-15,23H,4-5,16H2,1-3H3,(H,26,29). The molecule has 1 heterocycles. The SMILES string of the molecule is COc1ccc(C(NC(=O)COc2ccc(CCC(C)=O)cc2)c2nccn2C)cc1.